The molecule has 4 nitrogen and oxygen atoms in total. The van der Waals surface area contributed by atoms with Gasteiger partial charge in [-0.2, -0.15) is 0 Å². The summed E-state index contributed by atoms with van der Waals surface area (Å²) in [7, 11) is -1.73. The van der Waals surface area contributed by atoms with Gasteiger partial charge in [-0.15, -0.1) is 0 Å². The van der Waals surface area contributed by atoms with E-state index in [4.69, 9.17) is 4.74 Å². The van der Waals surface area contributed by atoms with E-state index >= 15 is 0 Å². The lowest BCUT2D eigenvalue weighted by Crippen LogP contribution is -2.15. The highest BCUT2D eigenvalue weighted by atomic mass is 32.2. The number of Topliss-reactive ketones (excluding diaryl/α,β-unsaturated/α-hetero) is 1. The number of rotatable bonds is 7. The molecule has 0 aliphatic rings. The fourth-order valence-electron chi connectivity index (χ4n) is 2.73. The molecule has 0 saturated carbocycles. The first-order valence-corrected chi connectivity index (χ1v) is 11.5. The third kappa shape index (κ3) is 5.24. The molecule has 28 heavy (non-hydrogen) atoms. The second kappa shape index (κ2) is 8.63. The van der Waals surface area contributed by atoms with Gasteiger partial charge in [0.15, 0.2) is 15.6 Å². The standard InChI is InChI=1S/C22H20O4S2/c1-26-18-11-7-16(8-12-18)17-9-13-19(14-10-17)27-22-6-4-3-5-20(22)21(23)15-28(2,24)25/h3-14H,15H2,1-2H3. The molecular formula is C22H20O4S2. The molecule has 144 valence electrons. The maximum absolute atomic E-state index is 12.4. The third-order valence-corrected chi connectivity index (χ3v) is 5.96. The van der Waals surface area contributed by atoms with E-state index in [0.717, 1.165) is 32.9 Å². The van der Waals surface area contributed by atoms with Crippen molar-refractivity contribution < 1.29 is 17.9 Å². The van der Waals surface area contributed by atoms with Gasteiger partial charge in [-0.3, -0.25) is 4.79 Å². The van der Waals surface area contributed by atoms with E-state index in [9.17, 15) is 13.2 Å². The van der Waals surface area contributed by atoms with Gasteiger partial charge < -0.3 is 4.74 Å². The molecule has 3 aromatic carbocycles. The Morgan fingerprint density at radius 1 is 0.893 bits per heavy atom. The highest BCUT2D eigenvalue weighted by Crippen LogP contribution is 2.32. The molecule has 0 aliphatic heterocycles. The number of sulfone groups is 1. The number of carbonyl (C=O) groups excluding carboxylic acids is 1. The van der Waals surface area contributed by atoms with Crippen LogP contribution in [0.2, 0.25) is 0 Å². The van der Waals surface area contributed by atoms with Gasteiger partial charge in [0.25, 0.3) is 0 Å². The van der Waals surface area contributed by atoms with Crippen LogP contribution in [0.15, 0.2) is 82.6 Å². The van der Waals surface area contributed by atoms with Crippen LogP contribution in [0.1, 0.15) is 10.4 Å². The predicted octanol–water partition coefficient (Wildman–Crippen LogP) is 4.74. The Morgan fingerprint density at radius 2 is 1.46 bits per heavy atom. The number of hydrogen-bond donors (Lipinski definition) is 0. The number of ketones is 1. The lowest BCUT2D eigenvalue weighted by molar-refractivity contribution is 0.101. The summed E-state index contributed by atoms with van der Waals surface area (Å²) in [5.41, 5.74) is 2.59. The molecule has 0 spiro atoms. The zero-order valence-electron chi connectivity index (χ0n) is 15.6. The van der Waals surface area contributed by atoms with Crippen molar-refractivity contribution in [2.75, 3.05) is 19.1 Å². The minimum atomic E-state index is -3.37. The first-order valence-electron chi connectivity index (χ1n) is 8.58. The van der Waals surface area contributed by atoms with Gasteiger partial charge in [-0.25, -0.2) is 8.42 Å². The number of ether oxygens (including phenoxy) is 1. The smallest absolute Gasteiger partial charge is 0.178 e. The molecule has 0 unspecified atom stereocenters. The fourth-order valence-corrected chi connectivity index (χ4v) is 4.32. The average molecular weight is 413 g/mol. The van der Waals surface area contributed by atoms with Crippen LogP contribution in [0.4, 0.5) is 0 Å². The highest BCUT2D eigenvalue weighted by Gasteiger charge is 2.17. The molecule has 0 N–H and O–H groups in total. The van der Waals surface area contributed by atoms with Crippen LogP contribution < -0.4 is 4.74 Å². The van der Waals surface area contributed by atoms with Crippen LogP contribution >= 0.6 is 11.8 Å². The van der Waals surface area contributed by atoms with Crippen LogP contribution in [0.5, 0.6) is 5.75 Å². The maximum atomic E-state index is 12.4. The van der Waals surface area contributed by atoms with Crippen molar-refractivity contribution in [2.24, 2.45) is 0 Å². The van der Waals surface area contributed by atoms with E-state index in [1.54, 1.807) is 19.2 Å². The van der Waals surface area contributed by atoms with Crippen molar-refractivity contribution in [2.45, 2.75) is 9.79 Å². The minimum Gasteiger partial charge on any atom is -0.497 e. The van der Waals surface area contributed by atoms with E-state index in [-0.39, 0.29) is 5.78 Å². The van der Waals surface area contributed by atoms with E-state index in [1.807, 2.05) is 60.7 Å². The lowest BCUT2D eigenvalue weighted by atomic mass is 10.1. The van der Waals surface area contributed by atoms with E-state index < -0.39 is 15.6 Å². The van der Waals surface area contributed by atoms with Crippen molar-refractivity contribution in [3.8, 4) is 16.9 Å². The zero-order valence-corrected chi connectivity index (χ0v) is 17.2. The monoisotopic (exact) mass is 412 g/mol. The van der Waals surface area contributed by atoms with Gasteiger partial charge in [0.2, 0.25) is 0 Å². The van der Waals surface area contributed by atoms with Gasteiger partial charge >= 0.3 is 0 Å². The summed E-state index contributed by atoms with van der Waals surface area (Å²) in [6.45, 7) is 0. The summed E-state index contributed by atoms with van der Waals surface area (Å²) in [5.74, 6) is -0.0622. The number of hydrogen-bond acceptors (Lipinski definition) is 5. The second-order valence-electron chi connectivity index (χ2n) is 6.34. The molecule has 6 heteroatoms. The quantitative estimate of drug-likeness (QED) is 0.525. The SMILES string of the molecule is COc1ccc(-c2ccc(Sc3ccccc3C(=O)CS(C)(=O)=O)cc2)cc1. The first kappa shape index (κ1) is 20.2. The lowest BCUT2D eigenvalue weighted by Gasteiger charge is -2.09. The molecule has 0 fully saturated rings. The van der Waals surface area contributed by atoms with Crippen LogP contribution in [-0.2, 0) is 9.84 Å². The van der Waals surface area contributed by atoms with Crippen molar-refractivity contribution in [3.05, 3.63) is 78.4 Å². The Kier molecular flexibility index (Phi) is 6.21. The van der Waals surface area contributed by atoms with E-state index in [0.29, 0.717) is 5.56 Å². The van der Waals surface area contributed by atoms with Crippen LogP contribution in [0.3, 0.4) is 0 Å². The minimum absolute atomic E-state index is 0.388. The summed E-state index contributed by atoms with van der Waals surface area (Å²) in [6.07, 6.45) is 1.07. The fraction of sp³-hybridized carbons (Fsp3) is 0.136. The van der Waals surface area contributed by atoms with Gasteiger partial charge in [0, 0.05) is 21.6 Å². The Morgan fingerprint density at radius 3 is 2.04 bits per heavy atom. The Bertz CT molecular complexity index is 1070. The van der Waals surface area contributed by atoms with Crippen molar-refractivity contribution in [1.29, 1.82) is 0 Å². The predicted molar refractivity (Wildman–Crippen MR) is 113 cm³/mol. The first-order chi connectivity index (χ1) is 13.4. The molecule has 0 saturated heterocycles. The summed E-state index contributed by atoms with van der Waals surface area (Å²) in [4.78, 5) is 14.1. The Hall–Kier alpha value is -2.57. The molecular weight excluding hydrogens is 392 g/mol. The molecule has 0 aliphatic carbocycles. The van der Waals surface area contributed by atoms with Crippen LogP contribution in [0.25, 0.3) is 11.1 Å². The van der Waals surface area contributed by atoms with E-state index in [1.165, 1.54) is 11.8 Å². The van der Waals surface area contributed by atoms with Crippen molar-refractivity contribution >= 4 is 27.4 Å². The maximum Gasteiger partial charge on any atom is 0.178 e. The highest BCUT2D eigenvalue weighted by molar-refractivity contribution is 7.99. The zero-order chi connectivity index (χ0) is 20.1. The van der Waals surface area contributed by atoms with E-state index in [2.05, 4.69) is 0 Å². The molecule has 0 radical (unpaired) electrons. The summed E-state index contributed by atoms with van der Waals surface area (Å²) >= 11 is 1.44. The topological polar surface area (TPSA) is 60.4 Å². The van der Waals surface area contributed by atoms with Gasteiger partial charge in [-0.1, -0.05) is 54.2 Å². The number of carbonyl (C=O) groups is 1. The van der Waals surface area contributed by atoms with Gasteiger partial charge in [0.05, 0.1) is 7.11 Å². The third-order valence-electron chi connectivity index (χ3n) is 4.09. The largest absolute Gasteiger partial charge is 0.497 e. The average Bonchev–Trinajstić information content (AvgIpc) is 2.68. The molecule has 0 amide bonds. The van der Waals surface area contributed by atoms with Gasteiger partial charge in [-0.05, 0) is 41.5 Å². The number of benzene rings is 3. The molecule has 3 aromatic rings. The van der Waals surface area contributed by atoms with Crippen molar-refractivity contribution in [3.63, 3.8) is 0 Å². The molecule has 0 aromatic heterocycles. The summed E-state index contributed by atoms with van der Waals surface area (Å²) in [6, 6.07) is 22.9. The molecule has 0 bridgehead atoms. The number of methoxy groups -OCH3 is 1. The van der Waals surface area contributed by atoms with Crippen molar-refractivity contribution in [1.82, 2.24) is 0 Å². The summed E-state index contributed by atoms with van der Waals surface area (Å²) < 4.78 is 28.1. The molecule has 0 heterocycles. The molecule has 3 rings (SSSR count). The van der Waals surface area contributed by atoms with Crippen LogP contribution in [-0.4, -0.2) is 33.3 Å². The normalized spacial score (nSPS) is 11.2. The summed E-state index contributed by atoms with van der Waals surface area (Å²) in [5, 5.41) is 0. The second-order valence-corrected chi connectivity index (χ2v) is 9.60. The Balaban J connectivity index is 1.80. The molecule has 0 atom stereocenters. The Labute approximate surface area is 169 Å². The van der Waals surface area contributed by atoms with Gasteiger partial charge in [0.1, 0.15) is 11.5 Å². The van der Waals surface area contributed by atoms with Crippen LogP contribution in [0, 0.1) is 0 Å².